The largest absolute Gasteiger partial charge is 0.296 e. The minimum Gasteiger partial charge on any atom is -0.296 e. The molecule has 0 N–H and O–H groups in total. The first-order valence-electron chi connectivity index (χ1n) is 3.44. The molecule has 2 aromatic rings. The summed E-state index contributed by atoms with van der Waals surface area (Å²) in [6.07, 6.45) is 0.745. The molecule has 13 heavy (non-hydrogen) atoms. The molecule has 0 aliphatic rings. The van der Waals surface area contributed by atoms with Crippen LogP contribution in [0.15, 0.2) is 16.8 Å². The maximum absolute atomic E-state index is 10.4. The lowest BCUT2D eigenvalue weighted by Crippen LogP contribution is -1.76. The number of carbonyl (C=O) groups excluding carboxylic acids is 1. The number of thiophene rings is 1. The summed E-state index contributed by atoms with van der Waals surface area (Å²) in [6, 6.07) is 1.85. The number of aromatic nitrogens is 1. The van der Waals surface area contributed by atoms with Crippen molar-refractivity contribution in [2.45, 2.75) is 0 Å². The van der Waals surface area contributed by atoms with Crippen molar-refractivity contribution in [3.63, 3.8) is 0 Å². The van der Waals surface area contributed by atoms with Crippen LogP contribution in [0.4, 0.5) is 0 Å². The van der Waals surface area contributed by atoms with Crippen molar-refractivity contribution in [1.29, 1.82) is 0 Å². The van der Waals surface area contributed by atoms with Crippen LogP contribution in [0.25, 0.3) is 9.88 Å². The van der Waals surface area contributed by atoms with Crippen LogP contribution in [-0.4, -0.2) is 11.3 Å². The average Bonchev–Trinajstić information content (AvgIpc) is 2.71. The van der Waals surface area contributed by atoms with Crippen LogP contribution >= 0.6 is 34.3 Å². The molecule has 0 unspecified atom stereocenters. The van der Waals surface area contributed by atoms with Gasteiger partial charge < -0.3 is 0 Å². The second-order valence-corrected chi connectivity index (χ2v) is 4.53. The van der Waals surface area contributed by atoms with E-state index in [-0.39, 0.29) is 0 Å². The lowest BCUT2D eigenvalue weighted by molar-refractivity contribution is 0.111. The van der Waals surface area contributed by atoms with Gasteiger partial charge in [0.2, 0.25) is 0 Å². The summed E-state index contributed by atoms with van der Waals surface area (Å²) >= 11 is 8.75. The Hall–Kier alpha value is -0.710. The Morgan fingerprint density at radius 1 is 1.38 bits per heavy atom. The van der Waals surface area contributed by atoms with E-state index in [1.165, 1.54) is 22.7 Å². The maximum atomic E-state index is 10.4. The lowest BCUT2D eigenvalue weighted by atomic mass is 10.5. The molecule has 0 radical (unpaired) electrons. The topological polar surface area (TPSA) is 30.0 Å². The van der Waals surface area contributed by atoms with Crippen LogP contribution in [-0.2, 0) is 0 Å². The second kappa shape index (κ2) is 3.57. The highest BCUT2D eigenvalue weighted by Crippen LogP contribution is 2.31. The van der Waals surface area contributed by atoms with Gasteiger partial charge in [0.25, 0.3) is 0 Å². The Bertz CT molecular complexity index is 435. The molecule has 0 atom stereocenters. The van der Waals surface area contributed by atoms with Crippen molar-refractivity contribution in [2.24, 2.45) is 0 Å². The van der Waals surface area contributed by atoms with Gasteiger partial charge in [0, 0.05) is 10.8 Å². The summed E-state index contributed by atoms with van der Waals surface area (Å²) in [4.78, 5) is 15.5. The van der Waals surface area contributed by atoms with E-state index < -0.39 is 0 Å². The highest BCUT2D eigenvalue weighted by molar-refractivity contribution is 7.20. The van der Waals surface area contributed by atoms with Gasteiger partial charge in [-0.15, -0.1) is 22.7 Å². The quantitative estimate of drug-likeness (QED) is 0.740. The Balaban J connectivity index is 2.40. The van der Waals surface area contributed by atoms with Gasteiger partial charge in [-0.2, -0.15) is 0 Å². The summed E-state index contributed by atoms with van der Waals surface area (Å²) in [5.41, 5.74) is 0.476. The van der Waals surface area contributed by atoms with Crippen molar-refractivity contribution in [2.75, 3.05) is 0 Å². The van der Waals surface area contributed by atoms with Gasteiger partial charge >= 0.3 is 0 Å². The van der Waals surface area contributed by atoms with Crippen LogP contribution < -0.4 is 0 Å². The minimum atomic E-state index is 0.476. The van der Waals surface area contributed by atoms with Gasteiger partial charge in [-0.3, -0.25) is 4.79 Å². The van der Waals surface area contributed by atoms with Crippen molar-refractivity contribution in [1.82, 2.24) is 4.98 Å². The number of hydrogen-bond donors (Lipinski definition) is 0. The Morgan fingerprint density at radius 2 is 2.23 bits per heavy atom. The third kappa shape index (κ3) is 1.80. The Kier molecular flexibility index (Phi) is 2.44. The molecule has 0 spiro atoms. The molecular weight excluding hydrogens is 226 g/mol. The molecule has 0 amide bonds. The number of hydrogen-bond acceptors (Lipinski definition) is 4. The molecule has 2 rings (SSSR count). The van der Waals surface area contributed by atoms with Crippen molar-refractivity contribution in [3.8, 4) is 9.88 Å². The summed E-state index contributed by atoms with van der Waals surface area (Å²) in [5.74, 6) is 0. The normalized spacial score (nSPS) is 10.2. The van der Waals surface area contributed by atoms with Crippen molar-refractivity contribution >= 4 is 40.6 Å². The number of nitrogens with zero attached hydrogens (tertiary/aromatic N) is 1. The van der Waals surface area contributed by atoms with Gasteiger partial charge in [-0.1, -0.05) is 11.6 Å². The van der Waals surface area contributed by atoms with E-state index >= 15 is 0 Å². The van der Waals surface area contributed by atoms with Gasteiger partial charge in [0.15, 0.2) is 6.29 Å². The number of thiazole rings is 1. The highest BCUT2D eigenvalue weighted by Gasteiger charge is 2.06. The van der Waals surface area contributed by atoms with E-state index in [0.29, 0.717) is 10.7 Å². The van der Waals surface area contributed by atoms with Crippen LogP contribution in [0.1, 0.15) is 10.5 Å². The number of rotatable bonds is 2. The van der Waals surface area contributed by atoms with E-state index in [1.54, 1.807) is 5.38 Å². The molecule has 5 heteroatoms. The average molecular weight is 230 g/mol. The van der Waals surface area contributed by atoms with Crippen molar-refractivity contribution < 1.29 is 4.79 Å². The molecule has 0 aliphatic heterocycles. The first-order chi connectivity index (χ1) is 6.29. The smallest absolute Gasteiger partial charge is 0.169 e. The molecule has 0 saturated carbocycles. The van der Waals surface area contributed by atoms with Crippen molar-refractivity contribution in [3.05, 3.63) is 27.5 Å². The number of carbonyl (C=O) groups is 1. The Labute approximate surface area is 87.8 Å². The van der Waals surface area contributed by atoms with Gasteiger partial charge in [-0.05, 0) is 6.07 Å². The molecule has 0 bridgehead atoms. The fourth-order valence-electron chi connectivity index (χ4n) is 0.879. The zero-order valence-electron chi connectivity index (χ0n) is 6.36. The van der Waals surface area contributed by atoms with Gasteiger partial charge in [0.05, 0.1) is 9.90 Å². The van der Waals surface area contributed by atoms with Crippen LogP contribution in [0, 0.1) is 0 Å². The van der Waals surface area contributed by atoms with Gasteiger partial charge in [-0.25, -0.2) is 4.98 Å². The van der Waals surface area contributed by atoms with Gasteiger partial charge in [0.1, 0.15) is 10.7 Å². The SMILES string of the molecule is O=Cc1csc(-c2cc(Cl)cs2)n1. The predicted octanol–water partition coefficient (Wildman–Crippen LogP) is 3.34. The first-order valence-corrected chi connectivity index (χ1v) is 5.58. The first kappa shape index (κ1) is 8.87. The van der Waals surface area contributed by atoms with Crippen LogP contribution in [0.5, 0.6) is 0 Å². The molecule has 0 aliphatic carbocycles. The zero-order valence-corrected chi connectivity index (χ0v) is 8.75. The molecular formula is C8H4ClNOS2. The van der Waals surface area contributed by atoms with E-state index in [0.717, 1.165) is 16.2 Å². The maximum Gasteiger partial charge on any atom is 0.169 e. The Morgan fingerprint density at radius 3 is 2.77 bits per heavy atom. The monoisotopic (exact) mass is 229 g/mol. The fraction of sp³-hybridized carbons (Fsp3) is 0. The zero-order chi connectivity index (χ0) is 9.26. The van der Waals surface area contributed by atoms with E-state index in [1.807, 2.05) is 11.4 Å². The molecule has 0 aromatic carbocycles. The fourth-order valence-corrected chi connectivity index (χ4v) is 2.80. The third-order valence-corrected chi connectivity index (χ3v) is 3.73. The molecule has 0 fully saturated rings. The predicted molar refractivity (Wildman–Crippen MR) is 55.8 cm³/mol. The molecule has 2 nitrogen and oxygen atoms in total. The van der Waals surface area contributed by atoms with Crippen LogP contribution in [0.2, 0.25) is 5.02 Å². The van der Waals surface area contributed by atoms with E-state index in [9.17, 15) is 4.79 Å². The van der Waals surface area contributed by atoms with E-state index in [4.69, 9.17) is 11.6 Å². The lowest BCUT2D eigenvalue weighted by Gasteiger charge is -1.84. The van der Waals surface area contributed by atoms with E-state index in [2.05, 4.69) is 4.98 Å². The number of aldehydes is 1. The molecule has 2 aromatic heterocycles. The number of halogens is 1. The summed E-state index contributed by atoms with van der Waals surface area (Å²) in [7, 11) is 0. The third-order valence-electron chi connectivity index (χ3n) is 1.42. The standard InChI is InChI=1S/C8H4ClNOS2/c9-5-1-7(12-3-5)8-10-6(2-11)4-13-8/h1-4H. The summed E-state index contributed by atoms with van der Waals surface area (Å²) in [6.45, 7) is 0. The second-order valence-electron chi connectivity index (χ2n) is 2.32. The summed E-state index contributed by atoms with van der Waals surface area (Å²) in [5, 5.41) is 5.14. The molecule has 66 valence electrons. The molecule has 2 heterocycles. The van der Waals surface area contributed by atoms with Crippen LogP contribution in [0.3, 0.4) is 0 Å². The highest BCUT2D eigenvalue weighted by atomic mass is 35.5. The molecule has 0 saturated heterocycles. The minimum absolute atomic E-state index is 0.476. The summed E-state index contributed by atoms with van der Waals surface area (Å²) < 4.78 is 0.